The summed E-state index contributed by atoms with van der Waals surface area (Å²) in [6.45, 7) is 5.45. The summed E-state index contributed by atoms with van der Waals surface area (Å²) in [5, 5.41) is 0. The van der Waals surface area contributed by atoms with Crippen LogP contribution in [0.25, 0.3) is 0 Å². The molecule has 0 spiro atoms. The van der Waals surface area contributed by atoms with Crippen LogP contribution in [0.5, 0.6) is 0 Å². The van der Waals surface area contributed by atoms with Gasteiger partial charge in [-0.15, -0.1) is 0 Å². The van der Waals surface area contributed by atoms with E-state index in [4.69, 9.17) is 10.5 Å². The zero-order valence-electron chi connectivity index (χ0n) is 10.6. The Labute approximate surface area is 98.7 Å². The molecule has 1 saturated carbocycles. The quantitative estimate of drug-likeness (QED) is 0.680. The highest BCUT2D eigenvalue weighted by molar-refractivity contribution is 5.70. The van der Waals surface area contributed by atoms with Crippen LogP contribution in [0, 0.1) is 11.3 Å². The maximum Gasteiger partial charge on any atom is 0.306 e. The van der Waals surface area contributed by atoms with Crippen LogP contribution >= 0.6 is 0 Å². The topological polar surface area (TPSA) is 52.3 Å². The molecular formula is C13H25NO2. The lowest BCUT2D eigenvalue weighted by Gasteiger charge is -2.40. The second kappa shape index (κ2) is 6.24. The fourth-order valence-electron chi connectivity index (χ4n) is 2.30. The summed E-state index contributed by atoms with van der Waals surface area (Å²) in [6.07, 6.45) is 6.16. The van der Waals surface area contributed by atoms with E-state index in [9.17, 15) is 4.79 Å². The summed E-state index contributed by atoms with van der Waals surface area (Å²) >= 11 is 0. The maximum atomic E-state index is 11.6. The van der Waals surface area contributed by atoms with Gasteiger partial charge in [-0.3, -0.25) is 4.79 Å². The third-order valence-electron chi connectivity index (χ3n) is 3.68. The molecule has 0 bridgehead atoms. The van der Waals surface area contributed by atoms with Gasteiger partial charge in [-0.1, -0.05) is 26.7 Å². The van der Waals surface area contributed by atoms with E-state index in [1.54, 1.807) is 0 Å². The molecule has 1 atom stereocenters. The van der Waals surface area contributed by atoms with Crippen molar-refractivity contribution in [3.8, 4) is 0 Å². The summed E-state index contributed by atoms with van der Waals surface area (Å²) in [7, 11) is 0. The van der Waals surface area contributed by atoms with Gasteiger partial charge in [0.1, 0.15) is 0 Å². The third-order valence-corrected chi connectivity index (χ3v) is 3.68. The number of hydrogen-bond acceptors (Lipinski definition) is 3. The van der Waals surface area contributed by atoms with Crippen molar-refractivity contribution < 1.29 is 9.53 Å². The van der Waals surface area contributed by atoms with Gasteiger partial charge in [0.15, 0.2) is 0 Å². The van der Waals surface area contributed by atoms with Crippen molar-refractivity contribution in [2.45, 2.75) is 52.4 Å². The van der Waals surface area contributed by atoms with Crippen molar-refractivity contribution in [3.05, 3.63) is 0 Å². The predicted molar refractivity (Wildman–Crippen MR) is 65.0 cm³/mol. The highest BCUT2D eigenvalue weighted by Gasteiger charge is 2.38. The average Bonchev–Trinajstić information content (AvgIpc) is 2.21. The van der Waals surface area contributed by atoms with Gasteiger partial charge >= 0.3 is 5.97 Å². The molecule has 0 aromatic heterocycles. The first-order valence-corrected chi connectivity index (χ1v) is 6.47. The van der Waals surface area contributed by atoms with Gasteiger partial charge in [0.25, 0.3) is 0 Å². The van der Waals surface area contributed by atoms with E-state index in [2.05, 4.69) is 13.8 Å². The zero-order chi connectivity index (χ0) is 12.0. The van der Waals surface area contributed by atoms with Gasteiger partial charge in [-0.05, 0) is 37.1 Å². The van der Waals surface area contributed by atoms with Crippen LogP contribution in [-0.4, -0.2) is 19.1 Å². The summed E-state index contributed by atoms with van der Waals surface area (Å²) in [5.74, 6) is 0.414. The van der Waals surface area contributed by atoms with Crippen LogP contribution in [0.15, 0.2) is 0 Å². The lowest BCUT2D eigenvalue weighted by molar-refractivity contribution is -0.149. The van der Waals surface area contributed by atoms with E-state index < -0.39 is 0 Å². The van der Waals surface area contributed by atoms with E-state index in [0.717, 1.165) is 25.7 Å². The van der Waals surface area contributed by atoms with Crippen LogP contribution in [0.1, 0.15) is 52.4 Å². The number of carbonyl (C=O) groups excluding carboxylic acids is 1. The first-order valence-electron chi connectivity index (χ1n) is 6.47. The highest BCUT2D eigenvalue weighted by Crippen LogP contribution is 2.43. The van der Waals surface area contributed by atoms with Gasteiger partial charge in [0, 0.05) is 0 Å². The highest BCUT2D eigenvalue weighted by atomic mass is 16.5. The van der Waals surface area contributed by atoms with E-state index in [1.165, 1.54) is 6.42 Å². The van der Waals surface area contributed by atoms with E-state index in [-0.39, 0.29) is 11.4 Å². The minimum absolute atomic E-state index is 0.0619. The lowest BCUT2D eigenvalue weighted by atomic mass is 9.67. The molecule has 1 aliphatic rings. The number of esters is 1. The van der Waals surface area contributed by atoms with E-state index >= 15 is 0 Å². The van der Waals surface area contributed by atoms with Crippen LogP contribution in [0.4, 0.5) is 0 Å². The Hall–Kier alpha value is -0.570. The molecule has 3 heteroatoms. The molecular weight excluding hydrogens is 202 g/mol. The molecule has 0 heterocycles. The largest absolute Gasteiger partial charge is 0.465 e. The summed E-state index contributed by atoms with van der Waals surface area (Å²) in [6, 6.07) is 0. The number of rotatable bonds is 7. The fraction of sp³-hybridized carbons (Fsp3) is 0.923. The van der Waals surface area contributed by atoms with Crippen molar-refractivity contribution in [3.63, 3.8) is 0 Å². The standard InChI is InChI=1S/C13H25NO2/c1-3-5-11(2)9-16-12(15)8-13(10-14)6-4-7-13/h11H,3-10,14H2,1-2H3. The third kappa shape index (κ3) is 3.78. The zero-order valence-corrected chi connectivity index (χ0v) is 10.6. The molecule has 0 radical (unpaired) electrons. The minimum Gasteiger partial charge on any atom is -0.465 e. The van der Waals surface area contributed by atoms with Crippen molar-refractivity contribution in [1.82, 2.24) is 0 Å². The Balaban J connectivity index is 2.20. The first-order chi connectivity index (χ1) is 7.62. The Morgan fingerprint density at radius 1 is 1.50 bits per heavy atom. The molecule has 0 aliphatic heterocycles. The average molecular weight is 227 g/mol. The summed E-state index contributed by atoms with van der Waals surface area (Å²) < 4.78 is 5.30. The molecule has 16 heavy (non-hydrogen) atoms. The van der Waals surface area contributed by atoms with Gasteiger partial charge < -0.3 is 10.5 Å². The molecule has 0 saturated heterocycles. The molecule has 1 rings (SSSR count). The van der Waals surface area contributed by atoms with Gasteiger partial charge in [-0.2, -0.15) is 0 Å². The van der Waals surface area contributed by atoms with Crippen LogP contribution < -0.4 is 5.73 Å². The molecule has 3 nitrogen and oxygen atoms in total. The molecule has 1 aliphatic carbocycles. The molecule has 94 valence electrons. The SMILES string of the molecule is CCCC(C)COC(=O)CC1(CN)CCC1. The normalized spacial score (nSPS) is 19.9. The first kappa shape index (κ1) is 13.5. The number of ether oxygens (including phenoxy) is 1. The van der Waals surface area contributed by atoms with E-state index in [0.29, 0.717) is 25.5 Å². The van der Waals surface area contributed by atoms with Crippen molar-refractivity contribution in [1.29, 1.82) is 0 Å². The molecule has 1 fully saturated rings. The van der Waals surface area contributed by atoms with E-state index in [1.807, 2.05) is 0 Å². The van der Waals surface area contributed by atoms with Crippen LogP contribution in [0.2, 0.25) is 0 Å². The Bertz CT molecular complexity index is 218. The Morgan fingerprint density at radius 2 is 2.19 bits per heavy atom. The molecule has 1 unspecified atom stereocenters. The smallest absolute Gasteiger partial charge is 0.306 e. The second-order valence-corrected chi connectivity index (χ2v) is 5.31. The number of hydrogen-bond donors (Lipinski definition) is 1. The lowest BCUT2D eigenvalue weighted by Crippen LogP contribution is -2.39. The predicted octanol–water partition coefficient (Wildman–Crippen LogP) is 2.48. The monoisotopic (exact) mass is 227 g/mol. The molecule has 0 aromatic rings. The number of nitrogens with two attached hydrogens (primary N) is 1. The Morgan fingerprint density at radius 3 is 2.62 bits per heavy atom. The van der Waals surface area contributed by atoms with Gasteiger partial charge in [0.2, 0.25) is 0 Å². The van der Waals surface area contributed by atoms with Crippen molar-refractivity contribution in [2.75, 3.05) is 13.2 Å². The fourth-order valence-corrected chi connectivity index (χ4v) is 2.30. The minimum atomic E-state index is -0.0619. The van der Waals surface area contributed by atoms with Crippen LogP contribution in [-0.2, 0) is 9.53 Å². The van der Waals surface area contributed by atoms with Gasteiger partial charge in [0.05, 0.1) is 13.0 Å². The van der Waals surface area contributed by atoms with Gasteiger partial charge in [-0.25, -0.2) is 0 Å². The summed E-state index contributed by atoms with van der Waals surface area (Å²) in [4.78, 5) is 11.6. The van der Waals surface area contributed by atoms with Crippen LogP contribution in [0.3, 0.4) is 0 Å². The van der Waals surface area contributed by atoms with Crippen molar-refractivity contribution in [2.24, 2.45) is 17.1 Å². The molecule has 0 aromatic carbocycles. The van der Waals surface area contributed by atoms with Crippen molar-refractivity contribution >= 4 is 5.97 Å². The molecule has 0 amide bonds. The second-order valence-electron chi connectivity index (χ2n) is 5.31. The number of carbonyl (C=O) groups is 1. The summed E-state index contributed by atoms with van der Waals surface area (Å²) in [5.41, 5.74) is 5.79. The molecule has 2 N–H and O–H groups in total. The maximum absolute atomic E-state index is 11.6. The Kier molecular flexibility index (Phi) is 5.26.